The van der Waals surface area contributed by atoms with Crippen LogP contribution in [-0.2, 0) is 0 Å². The fraction of sp³-hybridized carbons (Fsp3) is 0.143. The Kier molecular flexibility index (Phi) is 2.59. The highest BCUT2D eigenvalue weighted by Crippen LogP contribution is 2.20. The molecule has 3 aromatic rings. The van der Waals surface area contributed by atoms with Gasteiger partial charge in [-0.05, 0) is 26.0 Å². The summed E-state index contributed by atoms with van der Waals surface area (Å²) in [5.41, 5.74) is 2.75. The van der Waals surface area contributed by atoms with Gasteiger partial charge in [0, 0.05) is 10.9 Å². The molecule has 0 aliphatic carbocycles. The van der Waals surface area contributed by atoms with Crippen LogP contribution in [0.2, 0.25) is 0 Å². The smallest absolute Gasteiger partial charge is 0.272 e. The second-order valence-corrected chi connectivity index (χ2v) is 4.42. The summed E-state index contributed by atoms with van der Waals surface area (Å²) in [5.74, 6) is 0.396. The molecule has 5 nitrogen and oxygen atoms in total. The van der Waals surface area contributed by atoms with Crippen molar-refractivity contribution < 1.29 is 9.32 Å². The number of H-pyrrole nitrogens is 1. The lowest BCUT2D eigenvalue weighted by atomic mass is 10.2. The Balaban J connectivity index is 1.92. The van der Waals surface area contributed by atoms with Crippen molar-refractivity contribution in [3.8, 4) is 0 Å². The first-order valence-corrected chi connectivity index (χ1v) is 5.97. The van der Waals surface area contributed by atoms with Crippen molar-refractivity contribution in [2.75, 3.05) is 5.32 Å². The topological polar surface area (TPSA) is 70.9 Å². The lowest BCUT2D eigenvalue weighted by Crippen LogP contribution is -2.13. The number of para-hydroxylation sites is 1. The number of aromatic amines is 1. The largest absolute Gasteiger partial charge is 0.359 e. The Hall–Kier alpha value is -2.56. The van der Waals surface area contributed by atoms with Crippen LogP contribution in [-0.4, -0.2) is 16.0 Å². The molecule has 0 aliphatic rings. The number of nitrogens with zero attached hydrogens (tertiary/aromatic N) is 1. The molecule has 0 spiro atoms. The average Bonchev–Trinajstić information content (AvgIpc) is 2.97. The predicted octanol–water partition coefficient (Wildman–Crippen LogP) is 3.03. The van der Waals surface area contributed by atoms with E-state index in [-0.39, 0.29) is 5.91 Å². The van der Waals surface area contributed by atoms with Gasteiger partial charge in [0.15, 0.2) is 5.76 Å². The molecule has 0 fully saturated rings. The Labute approximate surface area is 109 Å². The maximum Gasteiger partial charge on any atom is 0.272 e. The number of amides is 1. The van der Waals surface area contributed by atoms with Gasteiger partial charge < -0.3 is 14.8 Å². The summed E-state index contributed by atoms with van der Waals surface area (Å²) in [6.07, 6.45) is 0. The molecule has 2 aromatic heterocycles. The van der Waals surface area contributed by atoms with E-state index in [0.717, 1.165) is 10.9 Å². The van der Waals surface area contributed by atoms with Crippen LogP contribution >= 0.6 is 0 Å². The quantitative estimate of drug-likeness (QED) is 0.739. The highest BCUT2D eigenvalue weighted by molar-refractivity contribution is 6.06. The highest BCUT2D eigenvalue weighted by Gasteiger charge is 2.15. The molecular weight excluding hydrogens is 242 g/mol. The van der Waals surface area contributed by atoms with Crippen LogP contribution < -0.4 is 5.32 Å². The number of rotatable bonds is 2. The summed E-state index contributed by atoms with van der Waals surface area (Å²) in [4.78, 5) is 15.3. The maximum atomic E-state index is 12.2. The van der Waals surface area contributed by atoms with Crippen LogP contribution in [0.3, 0.4) is 0 Å². The van der Waals surface area contributed by atoms with Gasteiger partial charge in [-0.3, -0.25) is 4.79 Å². The fourth-order valence-electron chi connectivity index (χ4n) is 2.04. The number of fused-ring (bicyclic) bond motifs is 1. The van der Waals surface area contributed by atoms with Crippen molar-refractivity contribution in [3.05, 3.63) is 47.5 Å². The number of carbonyl (C=O) groups is 1. The van der Waals surface area contributed by atoms with Gasteiger partial charge in [-0.2, -0.15) is 0 Å². The third-order valence-electron chi connectivity index (χ3n) is 3.05. The van der Waals surface area contributed by atoms with Crippen molar-refractivity contribution in [2.24, 2.45) is 0 Å². The molecule has 96 valence electrons. The number of carbonyl (C=O) groups excluding carboxylic acids is 1. The molecule has 5 heteroatoms. The number of hydrogen-bond donors (Lipinski definition) is 2. The van der Waals surface area contributed by atoms with Crippen molar-refractivity contribution in [1.82, 2.24) is 10.1 Å². The Morgan fingerprint density at radius 1 is 1.32 bits per heavy atom. The molecule has 19 heavy (non-hydrogen) atoms. The number of hydrogen-bond acceptors (Lipinski definition) is 3. The van der Waals surface area contributed by atoms with E-state index < -0.39 is 0 Å². The molecule has 2 N–H and O–H groups in total. The molecule has 0 bridgehead atoms. The maximum absolute atomic E-state index is 12.2. The summed E-state index contributed by atoms with van der Waals surface area (Å²) >= 11 is 0. The molecule has 0 aliphatic heterocycles. The minimum atomic E-state index is -0.203. The number of anilines is 1. The van der Waals surface area contributed by atoms with Crippen LogP contribution in [0.25, 0.3) is 10.9 Å². The van der Waals surface area contributed by atoms with E-state index in [4.69, 9.17) is 4.52 Å². The molecule has 0 radical (unpaired) electrons. The molecule has 2 heterocycles. The molecule has 3 rings (SSSR count). The first-order chi connectivity index (χ1) is 9.15. The van der Waals surface area contributed by atoms with Crippen molar-refractivity contribution in [3.63, 3.8) is 0 Å². The van der Waals surface area contributed by atoms with Gasteiger partial charge >= 0.3 is 0 Å². The second kappa shape index (κ2) is 4.28. The number of aromatic nitrogens is 2. The standard InChI is InChI=1S/C14H13N3O2/c1-8-13(9(2)19-17-8)16-14(18)12-7-10-5-3-4-6-11(10)15-12/h3-7,15H,1-2H3,(H,16,18). The van der Waals surface area contributed by atoms with E-state index in [9.17, 15) is 4.79 Å². The summed E-state index contributed by atoms with van der Waals surface area (Å²) in [5, 5.41) is 7.62. The van der Waals surface area contributed by atoms with Gasteiger partial charge in [0.05, 0.1) is 0 Å². The minimum Gasteiger partial charge on any atom is -0.359 e. The average molecular weight is 255 g/mol. The van der Waals surface area contributed by atoms with Crippen molar-refractivity contribution in [2.45, 2.75) is 13.8 Å². The fourth-order valence-corrected chi connectivity index (χ4v) is 2.04. The minimum absolute atomic E-state index is 0.203. The Morgan fingerprint density at radius 2 is 2.11 bits per heavy atom. The zero-order valence-electron chi connectivity index (χ0n) is 10.7. The monoisotopic (exact) mass is 255 g/mol. The molecule has 0 unspecified atom stereocenters. The van der Waals surface area contributed by atoms with Crippen LogP contribution in [0.15, 0.2) is 34.9 Å². The summed E-state index contributed by atoms with van der Waals surface area (Å²) in [6, 6.07) is 9.57. The van der Waals surface area contributed by atoms with E-state index in [0.29, 0.717) is 22.8 Å². The molecular formula is C14H13N3O2. The van der Waals surface area contributed by atoms with Crippen molar-refractivity contribution >= 4 is 22.5 Å². The molecule has 0 saturated heterocycles. The lowest BCUT2D eigenvalue weighted by Gasteiger charge is -2.01. The molecule has 0 atom stereocenters. The predicted molar refractivity (Wildman–Crippen MR) is 72.2 cm³/mol. The normalized spacial score (nSPS) is 10.8. The van der Waals surface area contributed by atoms with Crippen LogP contribution in [0.5, 0.6) is 0 Å². The first-order valence-electron chi connectivity index (χ1n) is 5.97. The van der Waals surface area contributed by atoms with Crippen LogP contribution in [0.1, 0.15) is 21.9 Å². The summed E-state index contributed by atoms with van der Waals surface area (Å²) < 4.78 is 5.02. The van der Waals surface area contributed by atoms with E-state index in [1.165, 1.54) is 0 Å². The highest BCUT2D eigenvalue weighted by atomic mass is 16.5. The third-order valence-corrected chi connectivity index (χ3v) is 3.05. The molecule has 1 amide bonds. The number of aryl methyl sites for hydroxylation is 2. The van der Waals surface area contributed by atoms with E-state index >= 15 is 0 Å². The third kappa shape index (κ3) is 1.99. The Bertz CT molecular complexity index is 702. The zero-order chi connectivity index (χ0) is 13.4. The molecule has 0 saturated carbocycles. The van der Waals surface area contributed by atoms with E-state index in [1.807, 2.05) is 30.3 Å². The first kappa shape index (κ1) is 11.5. The van der Waals surface area contributed by atoms with Gasteiger partial charge in [0.25, 0.3) is 5.91 Å². The lowest BCUT2D eigenvalue weighted by molar-refractivity contribution is 0.102. The SMILES string of the molecule is Cc1noc(C)c1NC(=O)c1cc2ccccc2[nH]1. The van der Waals surface area contributed by atoms with Gasteiger partial charge in [-0.15, -0.1) is 0 Å². The molecule has 1 aromatic carbocycles. The van der Waals surface area contributed by atoms with Crippen LogP contribution in [0.4, 0.5) is 5.69 Å². The Morgan fingerprint density at radius 3 is 2.79 bits per heavy atom. The van der Waals surface area contributed by atoms with Crippen molar-refractivity contribution in [1.29, 1.82) is 0 Å². The number of benzene rings is 1. The second-order valence-electron chi connectivity index (χ2n) is 4.42. The van der Waals surface area contributed by atoms with Gasteiger partial charge in [-0.25, -0.2) is 0 Å². The number of nitrogens with one attached hydrogen (secondary N) is 2. The van der Waals surface area contributed by atoms with Gasteiger partial charge in [0.2, 0.25) is 0 Å². The summed E-state index contributed by atoms with van der Waals surface area (Å²) in [6.45, 7) is 3.55. The summed E-state index contributed by atoms with van der Waals surface area (Å²) in [7, 11) is 0. The zero-order valence-corrected chi connectivity index (χ0v) is 10.7. The van der Waals surface area contributed by atoms with E-state index in [2.05, 4.69) is 15.5 Å². The van der Waals surface area contributed by atoms with Gasteiger partial charge in [0.1, 0.15) is 17.1 Å². The van der Waals surface area contributed by atoms with Gasteiger partial charge in [-0.1, -0.05) is 23.4 Å². The van der Waals surface area contributed by atoms with Crippen LogP contribution in [0, 0.1) is 13.8 Å². The van der Waals surface area contributed by atoms with E-state index in [1.54, 1.807) is 13.8 Å².